The highest BCUT2D eigenvalue weighted by Gasteiger charge is 2.35. The minimum absolute atomic E-state index is 0.000686. The number of nitrogens with zero attached hydrogens (tertiary/aromatic N) is 1. The molecule has 1 aliphatic rings. The summed E-state index contributed by atoms with van der Waals surface area (Å²) in [6.07, 6.45) is 2.74. The molecule has 0 aliphatic carbocycles. The number of hydrogen-bond acceptors (Lipinski definition) is 5. The molecule has 1 saturated heterocycles. The lowest BCUT2D eigenvalue weighted by Crippen LogP contribution is -2.55. The zero-order valence-electron chi connectivity index (χ0n) is 17.6. The largest absolute Gasteiger partial charge is 0.459 e. The van der Waals surface area contributed by atoms with Gasteiger partial charge in [0, 0.05) is 19.1 Å². The topological polar surface area (TPSA) is 91.7 Å². The molecule has 8 heteroatoms. The minimum Gasteiger partial charge on any atom is -0.459 e. The zero-order valence-corrected chi connectivity index (χ0v) is 18.4. The number of piperidine rings is 1. The highest BCUT2D eigenvalue weighted by molar-refractivity contribution is 7.12. The maximum atomic E-state index is 13.0. The van der Waals surface area contributed by atoms with Gasteiger partial charge in [0.2, 0.25) is 5.91 Å². The molecule has 2 atom stereocenters. The second-order valence-corrected chi connectivity index (χ2v) is 9.02. The molecule has 2 aromatic heterocycles. The monoisotopic (exact) mass is 431 g/mol. The number of carbonyl (C=O) groups excluding carboxylic acids is 3. The summed E-state index contributed by atoms with van der Waals surface area (Å²) in [4.78, 5) is 40.5. The molecule has 1 aliphatic heterocycles. The number of rotatable bonds is 7. The first kappa shape index (κ1) is 22.1. The smallest absolute Gasteiger partial charge is 0.289 e. The fourth-order valence-corrected chi connectivity index (χ4v) is 4.12. The molecule has 1 fully saturated rings. The predicted octanol–water partition coefficient (Wildman–Crippen LogP) is 3.15. The van der Waals surface area contributed by atoms with Crippen LogP contribution in [0.15, 0.2) is 40.3 Å². The molecular formula is C22H29N3O4S. The van der Waals surface area contributed by atoms with E-state index in [0.29, 0.717) is 36.6 Å². The van der Waals surface area contributed by atoms with Crippen molar-refractivity contribution in [3.63, 3.8) is 0 Å². The van der Waals surface area contributed by atoms with E-state index >= 15 is 0 Å². The quantitative estimate of drug-likeness (QED) is 0.704. The summed E-state index contributed by atoms with van der Waals surface area (Å²) in [6, 6.07) is 6.26. The lowest BCUT2D eigenvalue weighted by atomic mass is 9.88. The van der Waals surface area contributed by atoms with Crippen molar-refractivity contribution in [1.82, 2.24) is 15.5 Å². The van der Waals surface area contributed by atoms with Crippen LogP contribution in [0.3, 0.4) is 0 Å². The summed E-state index contributed by atoms with van der Waals surface area (Å²) in [5, 5.41) is 7.82. The second-order valence-electron chi connectivity index (χ2n) is 8.08. The summed E-state index contributed by atoms with van der Waals surface area (Å²) in [7, 11) is 0. The van der Waals surface area contributed by atoms with Crippen LogP contribution in [-0.2, 0) is 4.79 Å². The molecule has 0 radical (unpaired) electrons. The SMILES string of the molecule is CC(C)[C@@H](C)NC(=O)[C@@H](NC(=O)c1cccs1)C1CCN(C(=O)c2ccco2)CC1. The molecule has 3 rings (SSSR count). The molecule has 0 spiro atoms. The molecule has 2 aromatic rings. The van der Waals surface area contributed by atoms with Crippen LogP contribution < -0.4 is 10.6 Å². The average molecular weight is 432 g/mol. The van der Waals surface area contributed by atoms with Gasteiger partial charge in [-0.25, -0.2) is 0 Å². The molecule has 0 bridgehead atoms. The first-order chi connectivity index (χ1) is 14.4. The van der Waals surface area contributed by atoms with Crippen LogP contribution in [0.1, 0.15) is 53.8 Å². The highest BCUT2D eigenvalue weighted by atomic mass is 32.1. The van der Waals surface area contributed by atoms with Crippen molar-refractivity contribution in [2.45, 2.75) is 45.7 Å². The number of nitrogens with one attached hydrogen (secondary N) is 2. The van der Waals surface area contributed by atoms with Gasteiger partial charge in [-0.3, -0.25) is 14.4 Å². The highest BCUT2D eigenvalue weighted by Crippen LogP contribution is 2.23. The van der Waals surface area contributed by atoms with Crippen molar-refractivity contribution < 1.29 is 18.8 Å². The number of amides is 3. The lowest BCUT2D eigenvalue weighted by molar-refractivity contribution is -0.125. The number of hydrogen-bond donors (Lipinski definition) is 2. The van der Waals surface area contributed by atoms with Gasteiger partial charge in [-0.15, -0.1) is 11.3 Å². The van der Waals surface area contributed by atoms with E-state index in [9.17, 15) is 14.4 Å². The molecule has 2 N–H and O–H groups in total. The molecule has 7 nitrogen and oxygen atoms in total. The summed E-state index contributed by atoms with van der Waals surface area (Å²) >= 11 is 1.35. The summed E-state index contributed by atoms with van der Waals surface area (Å²) in [5.74, 6) is 0.00708. The Balaban J connectivity index is 1.67. The molecule has 30 heavy (non-hydrogen) atoms. The Morgan fingerprint density at radius 2 is 1.83 bits per heavy atom. The minimum atomic E-state index is -0.637. The van der Waals surface area contributed by atoms with E-state index in [4.69, 9.17) is 4.42 Å². The Morgan fingerprint density at radius 1 is 1.10 bits per heavy atom. The standard InChI is InChI=1S/C22H29N3O4S/c1-14(2)15(3)23-21(27)19(24-20(26)18-7-5-13-30-18)16-8-10-25(11-9-16)22(28)17-6-4-12-29-17/h4-7,12-16,19H,8-11H2,1-3H3,(H,23,27)(H,24,26)/t15-,19+/m1/s1. The summed E-state index contributed by atoms with van der Waals surface area (Å²) in [5.41, 5.74) is 0. The van der Waals surface area contributed by atoms with Gasteiger partial charge in [0.15, 0.2) is 5.76 Å². The zero-order chi connectivity index (χ0) is 21.7. The van der Waals surface area contributed by atoms with Gasteiger partial charge in [0.25, 0.3) is 11.8 Å². The fraction of sp³-hybridized carbons (Fsp3) is 0.500. The van der Waals surface area contributed by atoms with Gasteiger partial charge in [-0.2, -0.15) is 0 Å². The normalized spacial score (nSPS) is 16.9. The van der Waals surface area contributed by atoms with Crippen LogP contribution in [0.2, 0.25) is 0 Å². The molecule has 0 aromatic carbocycles. The molecule has 0 unspecified atom stereocenters. The lowest BCUT2D eigenvalue weighted by Gasteiger charge is -2.36. The van der Waals surface area contributed by atoms with Gasteiger partial charge in [0.05, 0.1) is 11.1 Å². The van der Waals surface area contributed by atoms with Crippen LogP contribution >= 0.6 is 11.3 Å². The van der Waals surface area contributed by atoms with Gasteiger partial charge >= 0.3 is 0 Å². The van der Waals surface area contributed by atoms with Crippen molar-refractivity contribution in [3.05, 3.63) is 46.5 Å². The first-order valence-electron chi connectivity index (χ1n) is 10.3. The van der Waals surface area contributed by atoms with E-state index in [-0.39, 0.29) is 35.6 Å². The summed E-state index contributed by atoms with van der Waals surface area (Å²) in [6.45, 7) is 7.09. The van der Waals surface area contributed by atoms with Crippen LogP contribution in [0.4, 0.5) is 0 Å². The van der Waals surface area contributed by atoms with Crippen LogP contribution in [0, 0.1) is 11.8 Å². The van der Waals surface area contributed by atoms with Crippen molar-refractivity contribution in [2.75, 3.05) is 13.1 Å². The number of carbonyl (C=O) groups is 3. The molecule has 3 heterocycles. The third-order valence-electron chi connectivity index (χ3n) is 5.71. The first-order valence-corrected chi connectivity index (χ1v) is 11.2. The third-order valence-corrected chi connectivity index (χ3v) is 6.58. The third kappa shape index (κ3) is 5.30. The van der Waals surface area contributed by atoms with Crippen molar-refractivity contribution in [1.29, 1.82) is 0 Å². The van der Waals surface area contributed by atoms with E-state index < -0.39 is 6.04 Å². The van der Waals surface area contributed by atoms with Gasteiger partial charge < -0.3 is 20.0 Å². The van der Waals surface area contributed by atoms with Crippen molar-refractivity contribution >= 4 is 29.1 Å². The molecule has 162 valence electrons. The Hall–Kier alpha value is -2.61. The van der Waals surface area contributed by atoms with Gasteiger partial charge in [-0.1, -0.05) is 19.9 Å². The van der Waals surface area contributed by atoms with E-state index in [2.05, 4.69) is 10.6 Å². The van der Waals surface area contributed by atoms with E-state index in [1.807, 2.05) is 32.2 Å². The van der Waals surface area contributed by atoms with Gasteiger partial charge in [-0.05, 0) is 55.2 Å². The Kier molecular flexibility index (Phi) is 7.31. The summed E-state index contributed by atoms with van der Waals surface area (Å²) < 4.78 is 5.21. The van der Waals surface area contributed by atoms with Crippen molar-refractivity contribution in [3.8, 4) is 0 Å². The Labute approximate surface area is 180 Å². The van der Waals surface area contributed by atoms with Gasteiger partial charge in [0.1, 0.15) is 6.04 Å². The maximum Gasteiger partial charge on any atom is 0.289 e. The van der Waals surface area contributed by atoms with E-state index in [1.54, 1.807) is 23.1 Å². The van der Waals surface area contributed by atoms with E-state index in [1.165, 1.54) is 17.6 Å². The Morgan fingerprint density at radius 3 is 2.40 bits per heavy atom. The second kappa shape index (κ2) is 9.93. The van der Waals surface area contributed by atoms with Crippen molar-refractivity contribution in [2.24, 2.45) is 11.8 Å². The molecule has 0 saturated carbocycles. The van der Waals surface area contributed by atoms with Crippen LogP contribution in [-0.4, -0.2) is 47.8 Å². The molecule has 3 amide bonds. The maximum absolute atomic E-state index is 13.0. The van der Waals surface area contributed by atoms with Crippen LogP contribution in [0.5, 0.6) is 0 Å². The Bertz CT molecular complexity index is 840. The van der Waals surface area contributed by atoms with Crippen LogP contribution in [0.25, 0.3) is 0 Å². The molecular weight excluding hydrogens is 402 g/mol. The predicted molar refractivity (Wildman–Crippen MR) is 115 cm³/mol. The average Bonchev–Trinajstić information content (AvgIpc) is 3.45. The number of thiophene rings is 1. The van der Waals surface area contributed by atoms with E-state index in [0.717, 1.165) is 0 Å². The number of likely N-dealkylation sites (tertiary alicyclic amines) is 1. The fourth-order valence-electron chi connectivity index (χ4n) is 3.49. The number of furan rings is 1.